The quantitative estimate of drug-likeness (QED) is 0.897. The van der Waals surface area contributed by atoms with E-state index >= 15 is 0 Å². The lowest BCUT2D eigenvalue weighted by molar-refractivity contribution is 0.347. The summed E-state index contributed by atoms with van der Waals surface area (Å²) in [6, 6.07) is 1.43. The van der Waals surface area contributed by atoms with Crippen LogP contribution in [0.5, 0.6) is 11.5 Å². The highest BCUT2D eigenvalue weighted by Gasteiger charge is 2.21. The van der Waals surface area contributed by atoms with E-state index in [9.17, 15) is 9.50 Å². The summed E-state index contributed by atoms with van der Waals surface area (Å²) in [4.78, 5) is 0. The van der Waals surface area contributed by atoms with E-state index in [0.717, 1.165) is 0 Å². The van der Waals surface area contributed by atoms with Crippen LogP contribution in [0.1, 0.15) is 24.8 Å². The minimum Gasteiger partial charge on any atom is -0.504 e. The Kier molecular flexibility index (Phi) is 4.56. The summed E-state index contributed by atoms with van der Waals surface area (Å²) < 4.78 is 19.4. The Morgan fingerprint density at radius 1 is 1.62 bits per heavy atom. The standard InChI is InChI=1S/C11H15BrFNO2/c1-6(3-4-14)9-7(12)5-8(15)11(16-2)10(9)13/h5-6,15H,3-4,14H2,1-2H3. The summed E-state index contributed by atoms with van der Waals surface area (Å²) in [5.41, 5.74) is 5.94. The molecule has 1 aromatic carbocycles. The van der Waals surface area contributed by atoms with Crippen molar-refractivity contribution in [1.82, 2.24) is 0 Å². The molecule has 1 aromatic rings. The van der Waals surface area contributed by atoms with Crippen LogP contribution in [0.2, 0.25) is 0 Å². The van der Waals surface area contributed by atoms with Crippen LogP contribution in [0.3, 0.4) is 0 Å². The molecule has 0 aliphatic heterocycles. The number of nitrogens with two attached hydrogens (primary N) is 1. The molecule has 1 rings (SSSR count). The van der Waals surface area contributed by atoms with Gasteiger partial charge in [0.25, 0.3) is 0 Å². The van der Waals surface area contributed by atoms with Crippen LogP contribution in [0, 0.1) is 5.82 Å². The Labute approximate surface area is 103 Å². The molecule has 16 heavy (non-hydrogen) atoms. The smallest absolute Gasteiger partial charge is 0.196 e. The molecule has 0 aliphatic carbocycles. The predicted octanol–water partition coefficient (Wildman–Crippen LogP) is 2.75. The third kappa shape index (κ3) is 2.47. The summed E-state index contributed by atoms with van der Waals surface area (Å²) >= 11 is 3.24. The van der Waals surface area contributed by atoms with Crippen molar-refractivity contribution in [2.75, 3.05) is 13.7 Å². The Hall–Kier alpha value is -0.810. The van der Waals surface area contributed by atoms with E-state index in [4.69, 9.17) is 10.5 Å². The molecule has 0 saturated carbocycles. The van der Waals surface area contributed by atoms with Crippen LogP contribution in [0.15, 0.2) is 10.5 Å². The Morgan fingerprint density at radius 3 is 2.75 bits per heavy atom. The largest absolute Gasteiger partial charge is 0.504 e. The monoisotopic (exact) mass is 291 g/mol. The highest BCUT2D eigenvalue weighted by Crippen LogP contribution is 2.40. The van der Waals surface area contributed by atoms with Gasteiger partial charge in [-0.05, 0) is 24.9 Å². The molecule has 0 fully saturated rings. The van der Waals surface area contributed by atoms with Crippen molar-refractivity contribution in [3.05, 3.63) is 21.9 Å². The van der Waals surface area contributed by atoms with Crippen molar-refractivity contribution in [1.29, 1.82) is 0 Å². The van der Waals surface area contributed by atoms with Gasteiger partial charge in [0.1, 0.15) is 0 Å². The number of rotatable bonds is 4. The summed E-state index contributed by atoms with van der Waals surface area (Å²) in [5.74, 6) is -0.901. The Bertz CT molecular complexity index is 385. The average Bonchev–Trinajstić information content (AvgIpc) is 2.17. The second-order valence-corrected chi connectivity index (χ2v) is 4.47. The first kappa shape index (κ1) is 13.3. The lowest BCUT2D eigenvalue weighted by Gasteiger charge is -2.16. The number of methoxy groups -OCH3 is 1. The van der Waals surface area contributed by atoms with Crippen LogP contribution >= 0.6 is 15.9 Å². The minimum absolute atomic E-state index is 0.0334. The summed E-state index contributed by atoms with van der Waals surface area (Å²) in [7, 11) is 1.32. The van der Waals surface area contributed by atoms with Gasteiger partial charge in [0, 0.05) is 10.0 Å². The molecule has 0 aliphatic rings. The van der Waals surface area contributed by atoms with Crippen molar-refractivity contribution in [2.45, 2.75) is 19.3 Å². The van der Waals surface area contributed by atoms with Crippen LogP contribution < -0.4 is 10.5 Å². The summed E-state index contributed by atoms with van der Waals surface area (Å²) in [6.07, 6.45) is 0.670. The molecule has 0 radical (unpaired) electrons. The molecule has 3 nitrogen and oxygen atoms in total. The molecule has 90 valence electrons. The van der Waals surface area contributed by atoms with Crippen molar-refractivity contribution in [2.24, 2.45) is 5.73 Å². The van der Waals surface area contributed by atoms with E-state index in [1.807, 2.05) is 6.92 Å². The maximum absolute atomic E-state index is 14.0. The maximum Gasteiger partial charge on any atom is 0.196 e. The first-order valence-corrected chi connectivity index (χ1v) is 5.77. The van der Waals surface area contributed by atoms with Crippen molar-refractivity contribution in [3.63, 3.8) is 0 Å². The molecule has 1 unspecified atom stereocenters. The van der Waals surface area contributed by atoms with Gasteiger partial charge in [0.2, 0.25) is 0 Å². The van der Waals surface area contributed by atoms with E-state index in [1.54, 1.807) is 0 Å². The number of halogens is 2. The van der Waals surface area contributed by atoms with Crippen molar-refractivity contribution < 1.29 is 14.2 Å². The second kappa shape index (κ2) is 5.50. The van der Waals surface area contributed by atoms with Gasteiger partial charge >= 0.3 is 0 Å². The predicted molar refractivity (Wildman–Crippen MR) is 64.4 cm³/mol. The normalized spacial score (nSPS) is 12.6. The van der Waals surface area contributed by atoms with Crippen molar-refractivity contribution >= 4 is 15.9 Å². The number of phenols is 1. The SMILES string of the molecule is COc1c(O)cc(Br)c(C(C)CCN)c1F. The number of hydrogen-bond acceptors (Lipinski definition) is 3. The van der Waals surface area contributed by atoms with Crippen LogP contribution in [-0.4, -0.2) is 18.8 Å². The van der Waals surface area contributed by atoms with Crippen LogP contribution in [0.25, 0.3) is 0 Å². The van der Waals surface area contributed by atoms with E-state index < -0.39 is 5.82 Å². The summed E-state index contributed by atoms with van der Waals surface area (Å²) in [6.45, 7) is 2.36. The second-order valence-electron chi connectivity index (χ2n) is 3.62. The molecule has 3 N–H and O–H groups in total. The number of benzene rings is 1. The number of phenolic OH excluding ortho intramolecular Hbond substituents is 1. The highest BCUT2D eigenvalue weighted by atomic mass is 79.9. The molecular weight excluding hydrogens is 277 g/mol. The molecule has 5 heteroatoms. The average molecular weight is 292 g/mol. The topological polar surface area (TPSA) is 55.5 Å². The lowest BCUT2D eigenvalue weighted by atomic mass is 9.96. The maximum atomic E-state index is 14.0. The molecular formula is C11H15BrFNO2. The van der Waals surface area contributed by atoms with E-state index in [0.29, 0.717) is 23.0 Å². The molecule has 0 amide bonds. The fourth-order valence-corrected chi connectivity index (χ4v) is 2.42. The minimum atomic E-state index is -0.532. The number of ether oxygens (including phenoxy) is 1. The lowest BCUT2D eigenvalue weighted by Crippen LogP contribution is -2.07. The zero-order chi connectivity index (χ0) is 12.3. The van der Waals surface area contributed by atoms with Gasteiger partial charge in [-0.3, -0.25) is 0 Å². The van der Waals surface area contributed by atoms with E-state index in [1.165, 1.54) is 13.2 Å². The fourth-order valence-electron chi connectivity index (χ4n) is 1.64. The fraction of sp³-hybridized carbons (Fsp3) is 0.455. The van der Waals surface area contributed by atoms with E-state index in [-0.39, 0.29) is 17.4 Å². The third-order valence-electron chi connectivity index (χ3n) is 2.49. The van der Waals surface area contributed by atoms with Gasteiger partial charge in [-0.15, -0.1) is 0 Å². The molecule has 1 atom stereocenters. The van der Waals surface area contributed by atoms with Gasteiger partial charge in [-0.25, -0.2) is 4.39 Å². The third-order valence-corrected chi connectivity index (χ3v) is 3.14. The molecule has 0 bridgehead atoms. The van der Waals surface area contributed by atoms with Crippen LogP contribution in [0.4, 0.5) is 4.39 Å². The first-order valence-electron chi connectivity index (χ1n) is 4.97. The zero-order valence-corrected chi connectivity index (χ0v) is 10.8. The van der Waals surface area contributed by atoms with Gasteiger partial charge in [0.05, 0.1) is 7.11 Å². The summed E-state index contributed by atoms with van der Waals surface area (Å²) in [5, 5.41) is 9.49. The number of aromatic hydroxyl groups is 1. The van der Waals surface area contributed by atoms with Gasteiger partial charge in [-0.1, -0.05) is 22.9 Å². The Morgan fingerprint density at radius 2 is 2.25 bits per heavy atom. The van der Waals surface area contributed by atoms with Gasteiger partial charge in [0.15, 0.2) is 17.3 Å². The van der Waals surface area contributed by atoms with Crippen molar-refractivity contribution in [3.8, 4) is 11.5 Å². The zero-order valence-electron chi connectivity index (χ0n) is 9.26. The molecule has 0 saturated heterocycles. The molecule has 0 heterocycles. The van der Waals surface area contributed by atoms with Gasteiger partial charge in [-0.2, -0.15) is 0 Å². The molecule has 0 aromatic heterocycles. The van der Waals surface area contributed by atoms with E-state index in [2.05, 4.69) is 15.9 Å². The van der Waals surface area contributed by atoms with Gasteiger partial charge < -0.3 is 15.6 Å². The number of hydrogen-bond donors (Lipinski definition) is 2. The Balaban J connectivity index is 3.27. The van der Waals surface area contributed by atoms with Crippen LogP contribution in [-0.2, 0) is 0 Å². The first-order chi connectivity index (χ1) is 7.52. The molecule has 0 spiro atoms. The highest BCUT2D eigenvalue weighted by molar-refractivity contribution is 9.10.